The van der Waals surface area contributed by atoms with Crippen molar-refractivity contribution < 1.29 is 4.39 Å². The quantitative estimate of drug-likeness (QED) is 0.742. The van der Waals surface area contributed by atoms with E-state index in [0.717, 1.165) is 48.8 Å². The fourth-order valence-corrected chi connectivity index (χ4v) is 3.74. The molecular formula is C21H24FN5. The predicted octanol–water partition coefficient (Wildman–Crippen LogP) is 4.00. The van der Waals surface area contributed by atoms with Gasteiger partial charge in [-0.25, -0.2) is 4.39 Å². The molecule has 3 heterocycles. The third kappa shape index (κ3) is 4.34. The first kappa shape index (κ1) is 17.7. The van der Waals surface area contributed by atoms with Crippen LogP contribution in [0.5, 0.6) is 0 Å². The van der Waals surface area contributed by atoms with Crippen LogP contribution in [0.15, 0.2) is 48.8 Å². The summed E-state index contributed by atoms with van der Waals surface area (Å²) >= 11 is 0. The van der Waals surface area contributed by atoms with Crippen LogP contribution in [0.2, 0.25) is 0 Å². The lowest BCUT2D eigenvalue weighted by molar-refractivity contribution is 0.326. The maximum absolute atomic E-state index is 13.4. The molecule has 1 aliphatic rings. The zero-order valence-electron chi connectivity index (χ0n) is 15.7. The largest absolute Gasteiger partial charge is 0.355 e. The molecule has 0 radical (unpaired) electrons. The van der Waals surface area contributed by atoms with Gasteiger partial charge in [0.15, 0.2) is 0 Å². The van der Waals surface area contributed by atoms with Crippen molar-refractivity contribution in [3.8, 4) is 0 Å². The van der Waals surface area contributed by atoms with Crippen LogP contribution in [0, 0.1) is 12.7 Å². The van der Waals surface area contributed by atoms with Crippen molar-refractivity contribution in [1.29, 1.82) is 0 Å². The molecule has 0 saturated carbocycles. The standard InChI is InChI=1S/C21H24FN5/c1-15-8-20(25-19-5-3-4-18(22)9-19)10-21(24-15)17-6-7-27(14-17)13-16-11-23-26(2)12-16/h3-5,8-12,17H,6-7,13-14H2,1-2H3,(H,24,25)/t17-/m0/s1. The van der Waals surface area contributed by atoms with E-state index in [0.29, 0.717) is 5.92 Å². The minimum Gasteiger partial charge on any atom is -0.355 e. The number of aryl methyl sites for hydroxylation is 2. The summed E-state index contributed by atoms with van der Waals surface area (Å²) in [6.45, 7) is 4.97. The maximum atomic E-state index is 13.4. The van der Waals surface area contributed by atoms with Crippen LogP contribution >= 0.6 is 0 Å². The summed E-state index contributed by atoms with van der Waals surface area (Å²) in [5.41, 5.74) is 5.01. The molecule has 1 N–H and O–H groups in total. The van der Waals surface area contributed by atoms with E-state index in [-0.39, 0.29) is 5.82 Å². The summed E-state index contributed by atoms with van der Waals surface area (Å²) in [6, 6.07) is 10.6. The normalized spacial score (nSPS) is 17.4. The van der Waals surface area contributed by atoms with Crippen molar-refractivity contribution >= 4 is 11.4 Å². The number of halogens is 1. The van der Waals surface area contributed by atoms with E-state index < -0.39 is 0 Å². The van der Waals surface area contributed by atoms with Crippen molar-refractivity contribution in [2.75, 3.05) is 18.4 Å². The van der Waals surface area contributed by atoms with E-state index in [9.17, 15) is 4.39 Å². The van der Waals surface area contributed by atoms with E-state index in [1.54, 1.807) is 6.07 Å². The summed E-state index contributed by atoms with van der Waals surface area (Å²) in [5.74, 6) is 0.169. The minimum absolute atomic E-state index is 0.243. The van der Waals surface area contributed by atoms with Gasteiger partial charge in [-0.1, -0.05) is 6.07 Å². The minimum atomic E-state index is -0.243. The van der Waals surface area contributed by atoms with Gasteiger partial charge in [0.2, 0.25) is 0 Å². The molecule has 3 aromatic rings. The molecule has 0 bridgehead atoms. The molecule has 1 fully saturated rings. The first-order chi connectivity index (χ1) is 13.0. The Kier molecular flexibility index (Phi) is 4.90. The fourth-order valence-electron chi connectivity index (χ4n) is 3.74. The Labute approximate surface area is 158 Å². The Hall–Kier alpha value is -2.73. The molecule has 0 unspecified atom stereocenters. The van der Waals surface area contributed by atoms with Gasteiger partial charge in [-0.3, -0.25) is 14.6 Å². The molecule has 140 valence electrons. The number of hydrogen-bond acceptors (Lipinski definition) is 4. The van der Waals surface area contributed by atoms with Gasteiger partial charge in [0.1, 0.15) is 5.82 Å². The lowest BCUT2D eigenvalue weighted by atomic mass is 10.0. The van der Waals surface area contributed by atoms with E-state index in [2.05, 4.69) is 27.6 Å². The molecule has 1 aliphatic heterocycles. The molecule has 5 nitrogen and oxygen atoms in total. The van der Waals surface area contributed by atoms with Crippen molar-refractivity contribution in [2.45, 2.75) is 25.8 Å². The SMILES string of the molecule is Cc1cc(Nc2cccc(F)c2)cc([C@H]2CCN(Cc3cnn(C)c3)C2)n1. The summed E-state index contributed by atoms with van der Waals surface area (Å²) < 4.78 is 15.3. The molecule has 0 aliphatic carbocycles. The topological polar surface area (TPSA) is 46.0 Å². The summed E-state index contributed by atoms with van der Waals surface area (Å²) in [5, 5.41) is 7.55. The second kappa shape index (κ2) is 7.48. The molecule has 27 heavy (non-hydrogen) atoms. The zero-order valence-corrected chi connectivity index (χ0v) is 15.7. The molecular weight excluding hydrogens is 341 g/mol. The maximum Gasteiger partial charge on any atom is 0.125 e. The fraction of sp³-hybridized carbons (Fsp3) is 0.333. The smallest absolute Gasteiger partial charge is 0.125 e. The molecule has 1 aromatic carbocycles. The molecule has 0 amide bonds. The molecule has 2 aromatic heterocycles. The first-order valence-electron chi connectivity index (χ1n) is 9.26. The molecule has 6 heteroatoms. The number of nitrogens with zero attached hydrogens (tertiary/aromatic N) is 4. The Morgan fingerprint density at radius 3 is 2.89 bits per heavy atom. The first-order valence-corrected chi connectivity index (χ1v) is 9.26. The highest BCUT2D eigenvalue weighted by molar-refractivity contribution is 5.60. The Balaban J connectivity index is 1.46. The van der Waals surface area contributed by atoms with E-state index >= 15 is 0 Å². The number of pyridine rings is 1. The third-order valence-corrected chi connectivity index (χ3v) is 4.94. The molecule has 0 spiro atoms. The molecule has 1 saturated heterocycles. The monoisotopic (exact) mass is 365 g/mol. The highest BCUT2D eigenvalue weighted by Gasteiger charge is 2.25. The van der Waals surface area contributed by atoms with Gasteiger partial charge in [0, 0.05) is 60.6 Å². The highest BCUT2D eigenvalue weighted by atomic mass is 19.1. The van der Waals surface area contributed by atoms with Crippen molar-refractivity contribution in [3.05, 3.63) is 71.6 Å². The van der Waals surface area contributed by atoms with Crippen LogP contribution in [0.1, 0.15) is 29.3 Å². The van der Waals surface area contributed by atoms with E-state index in [4.69, 9.17) is 4.98 Å². The average molecular weight is 365 g/mol. The molecule has 1 atom stereocenters. The third-order valence-electron chi connectivity index (χ3n) is 4.94. The lowest BCUT2D eigenvalue weighted by Crippen LogP contribution is -2.19. The number of hydrogen-bond donors (Lipinski definition) is 1. The van der Waals surface area contributed by atoms with Crippen LogP contribution < -0.4 is 5.32 Å². The number of rotatable bonds is 5. The average Bonchev–Trinajstić information content (AvgIpc) is 3.24. The van der Waals surface area contributed by atoms with Gasteiger partial charge in [-0.15, -0.1) is 0 Å². The number of likely N-dealkylation sites (tertiary alicyclic amines) is 1. The van der Waals surface area contributed by atoms with Crippen molar-refractivity contribution in [2.24, 2.45) is 7.05 Å². The van der Waals surface area contributed by atoms with E-state index in [1.807, 2.05) is 37.0 Å². The Morgan fingerprint density at radius 2 is 2.11 bits per heavy atom. The van der Waals surface area contributed by atoms with Crippen molar-refractivity contribution in [3.63, 3.8) is 0 Å². The second-order valence-electron chi connectivity index (χ2n) is 7.30. The van der Waals surface area contributed by atoms with Crippen LogP contribution in [0.4, 0.5) is 15.8 Å². The van der Waals surface area contributed by atoms with Gasteiger partial charge in [0.05, 0.1) is 6.20 Å². The van der Waals surface area contributed by atoms with Crippen LogP contribution in [0.3, 0.4) is 0 Å². The number of nitrogens with one attached hydrogen (secondary N) is 1. The van der Waals surface area contributed by atoms with Crippen LogP contribution in [-0.4, -0.2) is 32.8 Å². The second-order valence-corrected chi connectivity index (χ2v) is 7.30. The molecule has 4 rings (SSSR count). The highest BCUT2D eigenvalue weighted by Crippen LogP contribution is 2.29. The summed E-state index contributed by atoms with van der Waals surface area (Å²) in [6.07, 6.45) is 5.09. The van der Waals surface area contributed by atoms with Gasteiger partial charge >= 0.3 is 0 Å². The predicted molar refractivity (Wildman–Crippen MR) is 104 cm³/mol. The van der Waals surface area contributed by atoms with Crippen LogP contribution in [0.25, 0.3) is 0 Å². The summed E-state index contributed by atoms with van der Waals surface area (Å²) in [7, 11) is 1.94. The Bertz CT molecular complexity index is 936. The lowest BCUT2D eigenvalue weighted by Gasteiger charge is -2.16. The van der Waals surface area contributed by atoms with E-state index in [1.165, 1.54) is 17.7 Å². The van der Waals surface area contributed by atoms with Gasteiger partial charge in [-0.05, 0) is 50.2 Å². The zero-order chi connectivity index (χ0) is 18.8. The summed E-state index contributed by atoms with van der Waals surface area (Å²) in [4.78, 5) is 7.21. The van der Waals surface area contributed by atoms with Crippen molar-refractivity contribution in [1.82, 2.24) is 19.7 Å². The number of aromatic nitrogens is 3. The number of anilines is 2. The van der Waals surface area contributed by atoms with Crippen LogP contribution in [-0.2, 0) is 13.6 Å². The van der Waals surface area contributed by atoms with Gasteiger partial charge in [0.25, 0.3) is 0 Å². The van der Waals surface area contributed by atoms with Gasteiger partial charge in [-0.2, -0.15) is 5.10 Å². The number of benzene rings is 1. The Morgan fingerprint density at radius 1 is 1.22 bits per heavy atom. The van der Waals surface area contributed by atoms with Gasteiger partial charge < -0.3 is 5.32 Å².